The molecule has 3 rings (SSSR count). The van der Waals surface area contributed by atoms with Crippen LogP contribution in [0.4, 0.5) is 0 Å². The van der Waals surface area contributed by atoms with Crippen LogP contribution in [0.2, 0.25) is 0 Å². The molecule has 1 aromatic rings. The minimum absolute atomic E-state index is 0.354. The fourth-order valence-corrected chi connectivity index (χ4v) is 3.13. The van der Waals surface area contributed by atoms with E-state index < -0.39 is 5.91 Å². The van der Waals surface area contributed by atoms with Crippen LogP contribution < -0.4 is 10.8 Å². The molecule has 0 aliphatic heterocycles. The molecule has 4 nitrogen and oxygen atoms in total. The molecule has 1 amide bonds. The quantitative estimate of drug-likeness (QED) is 0.594. The van der Waals surface area contributed by atoms with Crippen molar-refractivity contribution in [1.29, 1.82) is 0 Å². The van der Waals surface area contributed by atoms with Crippen LogP contribution in [0.25, 0.3) is 0 Å². The molecule has 23 heavy (non-hydrogen) atoms. The summed E-state index contributed by atoms with van der Waals surface area (Å²) >= 11 is 0. The van der Waals surface area contributed by atoms with E-state index in [2.05, 4.69) is 42.6 Å². The van der Waals surface area contributed by atoms with E-state index in [4.69, 9.17) is 5.21 Å². The maximum absolute atomic E-state index is 11.6. The topological polar surface area (TPSA) is 61.4 Å². The maximum atomic E-state index is 11.6. The van der Waals surface area contributed by atoms with Crippen LogP contribution in [0.3, 0.4) is 0 Å². The number of fused-ring (bicyclic) bond motifs is 1. The Morgan fingerprint density at radius 3 is 2.96 bits per heavy atom. The Morgan fingerprint density at radius 1 is 1.26 bits per heavy atom. The number of nitrogens with one attached hydrogen (secondary N) is 2. The first-order chi connectivity index (χ1) is 11.2. The van der Waals surface area contributed by atoms with Crippen molar-refractivity contribution in [3.8, 4) is 0 Å². The van der Waals surface area contributed by atoms with Gasteiger partial charge in [0, 0.05) is 17.3 Å². The fraction of sp³-hybridized carbons (Fsp3) is 0.316. The Kier molecular flexibility index (Phi) is 4.63. The fourth-order valence-electron chi connectivity index (χ4n) is 3.13. The van der Waals surface area contributed by atoms with Crippen LogP contribution in [-0.2, 0) is 12.8 Å². The van der Waals surface area contributed by atoms with E-state index >= 15 is 0 Å². The van der Waals surface area contributed by atoms with E-state index in [1.807, 2.05) is 12.1 Å². The Bertz CT molecular complexity index is 689. The van der Waals surface area contributed by atoms with Crippen LogP contribution in [0.1, 0.15) is 34.8 Å². The summed E-state index contributed by atoms with van der Waals surface area (Å²) in [6.45, 7) is 2.16. The largest absolute Gasteiger partial charge is 0.382 e. The lowest BCUT2D eigenvalue weighted by atomic mass is 9.87. The molecule has 2 aliphatic carbocycles. The van der Waals surface area contributed by atoms with Crippen molar-refractivity contribution in [2.45, 2.75) is 32.2 Å². The molecule has 0 saturated heterocycles. The summed E-state index contributed by atoms with van der Waals surface area (Å²) in [5.41, 5.74) is 5.79. The van der Waals surface area contributed by atoms with Crippen molar-refractivity contribution >= 4 is 5.91 Å². The highest BCUT2D eigenvalue weighted by molar-refractivity contribution is 5.93. The van der Waals surface area contributed by atoms with Crippen molar-refractivity contribution in [1.82, 2.24) is 10.8 Å². The zero-order valence-corrected chi connectivity index (χ0v) is 13.3. The highest BCUT2D eigenvalue weighted by Gasteiger charge is 2.20. The third-order valence-electron chi connectivity index (χ3n) is 4.44. The van der Waals surface area contributed by atoms with Crippen LogP contribution in [0.5, 0.6) is 0 Å². The number of rotatable bonds is 3. The zero-order chi connectivity index (χ0) is 16.2. The highest BCUT2D eigenvalue weighted by Crippen LogP contribution is 2.24. The second-order valence-corrected chi connectivity index (χ2v) is 6.23. The Hall–Kier alpha value is -2.33. The van der Waals surface area contributed by atoms with Crippen molar-refractivity contribution in [3.63, 3.8) is 0 Å². The van der Waals surface area contributed by atoms with Gasteiger partial charge in [0.25, 0.3) is 5.91 Å². The van der Waals surface area contributed by atoms with Crippen molar-refractivity contribution in [3.05, 3.63) is 71.0 Å². The van der Waals surface area contributed by atoms with Crippen molar-refractivity contribution in [2.24, 2.45) is 5.92 Å². The monoisotopic (exact) mass is 310 g/mol. The van der Waals surface area contributed by atoms with Crippen LogP contribution in [-0.4, -0.2) is 17.2 Å². The number of carbonyl (C=O) groups is 1. The Morgan fingerprint density at radius 2 is 2.13 bits per heavy atom. The standard InChI is InChI=1S/C19H22N2O2/c1-13-3-2-4-17(9-5-13)20-18-10-8-14-6-7-15(19(22)21-23)11-16(14)12-18/h2-7,9,11,13,18,20,23H,8,10,12H2,1H3,(H,21,22). The van der Waals surface area contributed by atoms with Crippen LogP contribution in [0, 0.1) is 5.92 Å². The second-order valence-electron chi connectivity index (χ2n) is 6.23. The summed E-state index contributed by atoms with van der Waals surface area (Å²) in [6.07, 6.45) is 13.6. The predicted octanol–water partition coefficient (Wildman–Crippen LogP) is 2.90. The van der Waals surface area contributed by atoms with E-state index in [-0.39, 0.29) is 0 Å². The molecule has 1 aromatic carbocycles. The predicted molar refractivity (Wildman–Crippen MR) is 90.2 cm³/mol. The summed E-state index contributed by atoms with van der Waals surface area (Å²) in [5.74, 6) is -0.00592. The van der Waals surface area contributed by atoms with Gasteiger partial charge >= 0.3 is 0 Å². The van der Waals surface area contributed by atoms with Crippen molar-refractivity contribution in [2.75, 3.05) is 0 Å². The molecule has 2 atom stereocenters. The Labute approximate surface area is 136 Å². The minimum atomic E-state index is -0.462. The third-order valence-corrected chi connectivity index (χ3v) is 4.44. The number of allylic oxidation sites excluding steroid dienone is 5. The van der Waals surface area contributed by atoms with Crippen LogP contribution >= 0.6 is 0 Å². The molecule has 0 aromatic heterocycles. The lowest BCUT2D eigenvalue weighted by Crippen LogP contribution is -2.33. The van der Waals surface area contributed by atoms with Gasteiger partial charge in [0.1, 0.15) is 0 Å². The molecule has 0 fully saturated rings. The maximum Gasteiger partial charge on any atom is 0.274 e. The SMILES string of the molecule is CC1C=CC=C(NC2CCc3ccc(C(=O)NO)cc3C2)C=C1. The number of hydroxylamine groups is 1. The van der Waals surface area contributed by atoms with Gasteiger partial charge < -0.3 is 5.32 Å². The molecule has 2 aliphatic rings. The van der Waals surface area contributed by atoms with Gasteiger partial charge in [0.2, 0.25) is 0 Å². The number of amides is 1. The number of benzene rings is 1. The zero-order valence-electron chi connectivity index (χ0n) is 13.3. The first-order valence-corrected chi connectivity index (χ1v) is 8.05. The van der Waals surface area contributed by atoms with Gasteiger partial charge in [-0.3, -0.25) is 10.0 Å². The van der Waals surface area contributed by atoms with Gasteiger partial charge in [-0.15, -0.1) is 0 Å². The van der Waals surface area contributed by atoms with E-state index in [1.165, 1.54) is 11.1 Å². The molecule has 0 saturated carbocycles. The van der Waals surface area contributed by atoms with Gasteiger partial charge in [-0.2, -0.15) is 0 Å². The molecule has 0 bridgehead atoms. The molecule has 0 spiro atoms. The van der Waals surface area contributed by atoms with E-state index in [9.17, 15) is 4.79 Å². The second kappa shape index (κ2) is 6.84. The van der Waals surface area contributed by atoms with E-state index in [1.54, 1.807) is 11.5 Å². The van der Waals surface area contributed by atoms with E-state index in [0.717, 1.165) is 25.0 Å². The molecule has 0 heterocycles. The number of aryl methyl sites for hydroxylation is 1. The van der Waals surface area contributed by atoms with Gasteiger partial charge in [-0.1, -0.05) is 31.2 Å². The Balaban J connectivity index is 1.72. The molecule has 0 radical (unpaired) electrons. The van der Waals surface area contributed by atoms with Crippen LogP contribution in [0.15, 0.2) is 54.3 Å². The van der Waals surface area contributed by atoms with Gasteiger partial charge in [-0.05, 0) is 60.6 Å². The molecule has 3 N–H and O–H groups in total. The lowest BCUT2D eigenvalue weighted by molar-refractivity contribution is 0.0706. The number of carbonyl (C=O) groups excluding carboxylic acids is 1. The summed E-state index contributed by atoms with van der Waals surface area (Å²) < 4.78 is 0. The van der Waals surface area contributed by atoms with Gasteiger partial charge in [0.15, 0.2) is 0 Å². The normalized spacial score (nSPS) is 22.8. The number of hydrogen-bond acceptors (Lipinski definition) is 3. The summed E-state index contributed by atoms with van der Waals surface area (Å²) in [6, 6.07) is 5.99. The highest BCUT2D eigenvalue weighted by atomic mass is 16.5. The lowest BCUT2D eigenvalue weighted by Gasteiger charge is -2.27. The van der Waals surface area contributed by atoms with E-state index in [0.29, 0.717) is 17.5 Å². The average Bonchev–Trinajstić information content (AvgIpc) is 2.78. The molecular weight excluding hydrogens is 288 g/mol. The van der Waals surface area contributed by atoms with Crippen molar-refractivity contribution < 1.29 is 10.0 Å². The van der Waals surface area contributed by atoms with Gasteiger partial charge in [0.05, 0.1) is 0 Å². The summed E-state index contributed by atoms with van der Waals surface area (Å²) in [4.78, 5) is 11.6. The third kappa shape index (κ3) is 3.71. The smallest absolute Gasteiger partial charge is 0.274 e. The first-order valence-electron chi connectivity index (χ1n) is 8.05. The summed E-state index contributed by atoms with van der Waals surface area (Å²) in [7, 11) is 0. The van der Waals surface area contributed by atoms with Gasteiger partial charge in [-0.25, -0.2) is 5.48 Å². The summed E-state index contributed by atoms with van der Waals surface area (Å²) in [5, 5.41) is 12.4. The molecule has 120 valence electrons. The number of hydrogen-bond donors (Lipinski definition) is 3. The average molecular weight is 310 g/mol. The minimum Gasteiger partial charge on any atom is -0.382 e. The first kappa shape index (κ1) is 15.6. The molecular formula is C19H22N2O2. The molecule has 2 unspecified atom stereocenters. The molecule has 4 heteroatoms.